The van der Waals surface area contributed by atoms with Crippen molar-refractivity contribution in [3.05, 3.63) is 313 Å². The van der Waals surface area contributed by atoms with Crippen LogP contribution in [0.4, 0.5) is 0 Å². The van der Waals surface area contributed by atoms with Gasteiger partial charge in [-0.1, -0.05) is 231 Å². The normalized spacial score (nSPS) is 11.2. The van der Waals surface area contributed by atoms with Crippen LogP contribution in [-0.2, 0) is 0 Å². The summed E-state index contributed by atoms with van der Waals surface area (Å²) in [6.45, 7) is 13.7. The molecule has 0 bridgehead atoms. The Morgan fingerprint density at radius 3 is 0.845 bits per heavy atom. The van der Waals surface area contributed by atoms with Gasteiger partial charge < -0.3 is 0 Å². The highest BCUT2D eigenvalue weighted by Gasteiger charge is 2.24. The van der Waals surface area contributed by atoms with Crippen molar-refractivity contribution >= 4 is 0 Å². The van der Waals surface area contributed by atoms with Crippen molar-refractivity contribution in [1.29, 1.82) is 0 Å². The highest BCUT2D eigenvalue weighted by molar-refractivity contribution is 5.99. The summed E-state index contributed by atoms with van der Waals surface area (Å²) in [5.41, 5.74) is 35.2. The van der Waals surface area contributed by atoms with Gasteiger partial charge in [-0.3, -0.25) is 9.97 Å². The molecule has 0 saturated heterocycles. The fraction of sp³-hybridized carbons (Fsp3) is 0.0732. The van der Waals surface area contributed by atoms with E-state index in [4.69, 9.17) is 9.97 Å². The van der Waals surface area contributed by atoms with Crippen LogP contribution in [0.15, 0.2) is 279 Å². The maximum absolute atomic E-state index is 5.12. The van der Waals surface area contributed by atoms with Gasteiger partial charge in [0.15, 0.2) is 0 Å². The number of nitrogens with zero attached hydrogens (tertiary/aromatic N) is 2. The van der Waals surface area contributed by atoms with Gasteiger partial charge in [-0.2, -0.15) is 0 Å². The monoisotopic (exact) mass is 1080 g/mol. The molecule has 0 radical (unpaired) electrons. The minimum absolute atomic E-state index is 0.950. The molecule has 2 aromatic heterocycles. The van der Waals surface area contributed by atoms with Crippen LogP contribution in [-0.4, -0.2) is 9.97 Å². The Morgan fingerprint density at radius 2 is 0.488 bits per heavy atom. The number of hydrogen-bond acceptors (Lipinski definition) is 2. The molecule has 0 N–H and O–H groups in total. The van der Waals surface area contributed by atoms with Crippen LogP contribution >= 0.6 is 0 Å². The highest BCUT2D eigenvalue weighted by Crippen LogP contribution is 2.48. The fourth-order valence-corrected chi connectivity index (χ4v) is 12.6. The Hall–Kier alpha value is -10.3. The Bertz CT molecular complexity index is 4250. The molecule has 0 saturated carbocycles. The third kappa shape index (κ3) is 10.2. The van der Waals surface area contributed by atoms with Gasteiger partial charge in [-0.15, -0.1) is 0 Å². The molecule has 0 atom stereocenters. The summed E-state index contributed by atoms with van der Waals surface area (Å²) in [5, 5.41) is 0. The maximum atomic E-state index is 5.12. The summed E-state index contributed by atoms with van der Waals surface area (Å²) >= 11 is 0. The third-order valence-electron chi connectivity index (χ3n) is 17.2. The van der Waals surface area contributed by atoms with Crippen molar-refractivity contribution in [3.63, 3.8) is 0 Å². The van der Waals surface area contributed by atoms with Crippen molar-refractivity contribution in [2.45, 2.75) is 41.5 Å². The van der Waals surface area contributed by atoms with Gasteiger partial charge in [-0.05, 0) is 211 Å². The number of hydrogen-bond donors (Lipinski definition) is 0. The lowest BCUT2D eigenvalue weighted by Crippen LogP contribution is -2.02. The van der Waals surface area contributed by atoms with Crippen molar-refractivity contribution in [1.82, 2.24) is 9.97 Å². The first-order valence-electron chi connectivity index (χ1n) is 29.1. The molecule has 2 heteroatoms. The van der Waals surface area contributed by atoms with E-state index in [1.807, 2.05) is 12.4 Å². The van der Waals surface area contributed by atoms with Crippen LogP contribution in [0.1, 0.15) is 33.4 Å². The Labute approximate surface area is 495 Å². The van der Waals surface area contributed by atoms with Gasteiger partial charge in [0.2, 0.25) is 0 Å². The second-order valence-corrected chi connectivity index (χ2v) is 22.3. The van der Waals surface area contributed by atoms with Crippen LogP contribution in [0.5, 0.6) is 0 Å². The van der Waals surface area contributed by atoms with Crippen molar-refractivity contribution in [2.24, 2.45) is 0 Å². The third-order valence-corrected chi connectivity index (χ3v) is 17.2. The van der Waals surface area contributed by atoms with E-state index in [9.17, 15) is 0 Å². The minimum atomic E-state index is 0.950. The zero-order valence-corrected chi connectivity index (χ0v) is 48.5. The molecular formula is C82H64N2. The van der Waals surface area contributed by atoms with Crippen LogP contribution in [0, 0.1) is 41.5 Å². The van der Waals surface area contributed by atoms with Crippen LogP contribution < -0.4 is 0 Å². The molecule has 0 unspecified atom stereocenters. The molecule has 0 aliphatic rings. The highest BCUT2D eigenvalue weighted by atomic mass is 14.7. The van der Waals surface area contributed by atoms with E-state index in [0.29, 0.717) is 0 Å². The lowest BCUT2D eigenvalue weighted by molar-refractivity contribution is 1.25. The molecule has 2 nitrogen and oxygen atoms in total. The van der Waals surface area contributed by atoms with Gasteiger partial charge >= 0.3 is 0 Å². The Kier molecular flexibility index (Phi) is 14.5. The molecule has 2 heterocycles. The van der Waals surface area contributed by atoms with E-state index in [1.54, 1.807) is 0 Å². The lowest BCUT2D eigenvalue weighted by atomic mass is 9.79. The second-order valence-electron chi connectivity index (χ2n) is 22.3. The summed E-state index contributed by atoms with van der Waals surface area (Å²) in [4.78, 5) is 10.2. The molecule has 0 fully saturated rings. The quantitative estimate of drug-likeness (QED) is 0.122. The molecule has 13 aromatic rings. The predicted molar refractivity (Wildman–Crippen MR) is 356 cm³/mol. The zero-order valence-electron chi connectivity index (χ0n) is 48.5. The standard InChI is InChI=1S/C82H64N2/c1-53-45-79(83-51-77(53)61-29-15-9-16-30-61)67-41-43-71(75(49-67)65-35-23-33-63(47-65)59-25-11-7-12-26-59)69-37-19-21-39-73(69)81-55(3)57(5)82(58(6)56(81)4)74-40-22-20-38-70(74)72-44-42-68(80-46-54(2)78(52-84-80)62-31-17-10-18-32-62)50-76(72)66-36-24-34-64(48-66)60-27-13-8-14-28-60/h7-52H,1-6H3. The Balaban J connectivity index is 0.943. The fourth-order valence-electron chi connectivity index (χ4n) is 12.6. The van der Waals surface area contributed by atoms with Crippen molar-refractivity contribution in [3.8, 4) is 134 Å². The van der Waals surface area contributed by atoms with E-state index in [0.717, 1.165) is 55.9 Å². The molecule has 0 aliphatic heterocycles. The van der Waals surface area contributed by atoms with E-state index in [1.165, 1.54) is 111 Å². The summed E-state index contributed by atoms with van der Waals surface area (Å²) in [5.74, 6) is 0. The zero-order chi connectivity index (χ0) is 57.3. The van der Waals surface area contributed by atoms with Crippen molar-refractivity contribution < 1.29 is 0 Å². The number of rotatable bonds is 12. The molecule has 0 aliphatic carbocycles. The number of aryl methyl sites for hydroxylation is 2. The first-order chi connectivity index (χ1) is 41.2. The van der Waals surface area contributed by atoms with E-state index in [2.05, 4.69) is 308 Å². The van der Waals surface area contributed by atoms with Crippen LogP contribution in [0.3, 0.4) is 0 Å². The van der Waals surface area contributed by atoms with Crippen molar-refractivity contribution in [2.75, 3.05) is 0 Å². The number of benzene rings is 11. The number of pyridine rings is 2. The molecule has 84 heavy (non-hydrogen) atoms. The predicted octanol–water partition coefficient (Wildman–Crippen LogP) is 22.3. The maximum Gasteiger partial charge on any atom is 0.0705 e. The molecular weight excluding hydrogens is 1010 g/mol. The minimum Gasteiger partial charge on any atom is -0.256 e. The van der Waals surface area contributed by atoms with Gasteiger partial charge in [0.05, 0.1) is 11.4 Å². The van der Waals surface area contributed by atoms with Gasteiger partial charge in [-0.25, -0.2) is 0 Å². The lowest BCUT2D eigenvalue weighted by Gasteiger charge is -2.25. The average Bonchev–Trinajstić information content (AvgIpc) is 2.50. The van der Waals surface area contributed by atoms with Gasteiger partial charge in [0, 0.05) is 34.6 Å². The topological polar surface area (TPSA) is 25.8 Å². The summed E-state index contributed by atoms with van der Waals surface area (Å²) in [6, 6.07) is 96.9. The molecule has 11 aromatic carbocycles. The molecule has 0 amide bonds. The van der Waals surface area contributed by atoms with E-state index in [-0.39, 0.29) is 0 Å². The van der Waals surface area contributed by atoms with E-state index < -0.39 is 0 Å². The summed E-state index contributed by atoms with van der Waals surface area (Å²) in [6.07, 6.45) is 4.06. The SMILES string of the molecule is Cc1cc(-c2ccc(-c3ccccc3-c3c(C)c(C)c(-c4ccccc4-c4ccc(-c5cc(C)c(-c6ccccc6)cn5)cc4-c4cccc(-c5ccccc5)c4)c(C)c3C)c(-c3cccc(-c4ccccc4)c3)c2)ncc1-c1ccccc1. The van der Waals surface area contributed by atoms with Gasteiger partial charge in [0.1, 0.15) is 0 Å². The van der Waals surface area contributed by atoms with Crippen LogP contribution in [0.25, 0.3) is 134 Å². The second kappa shape index (κ2) is 22.9. The van der Waals surface area contributed by atoms with E-state index >= 15 is 0 Å². The first-order valence-corrected chi connectivity index (χ1v) is 29.1. The molecule has 0 spiro atoms. The first kappa shape index (κ1) is 53.1. The largest absolute Gasteiger partial charge is 0.256 e. The van der Waals surface area contributed by atoms with Crippen LogP contribution in [0.2, 0.25) is 0 Å². The number of aromatic nitrogens is 2. The molecule has 402 valence electrons. The molecule has 13 rings (SSSR count). The summed E-state index contributed by atoms with van der Waals surface area (Å²) in [7, 11) is 0. The van der Waals surface area contributed by atoms with Gasteiger partial charge in [0.25, 0.3) is 0 Å². The summed E-state index contributed by atoms with van der Waals surface area (Å²) < 4.78 is 0. The Morgan fingerprint density at radius 1 is 0.190 bits per heavy atom. The smallest absolute Gasteiger partial charge is 0.0705 e. The average molecular weight is 1080 g/mol.